The number of halogens is 1. The molecule has 0 aliphatic carbocycles. The van der Waals surface area contributed by atoms with Crippen molar-refractivity contribution in [2.24, 2.45) is 4.99 Å². The molecular weight excluding hydrogens is 330 g/mol. The van der Waals surface area contributed by atoms with Gasteiger partial charge in [0.05, 0.1) is 0 Å². The first-order chi connectivity index (χ1) is 12.3. The molecular formula is C22H16ClNO. The second-order valence-electron chi connectivity index (χ2n) is 5.80. The molecule has 0 spiro atoms. The summed E-state index contributed by atoms with van der Waals surface area (Å²) in [4.78, 5) is 4.80. The SMILES string of the molecule is Clc1ccc(C2=N[C@@H](c3ccccc3)C=C(c3ccccc3)O2)cc1. The summed E-state index contributed by atoms with van der Waals surface area (Å²) in [5, 5.41) is 0.693. The molecule has 3 aromatic rings. The van der Waals surface area contributed by atoms with Crippen molar-refractivity contribution in [3.63, 3.8) is 0 Å². The van der Waals surface area contributed by atoms with E-state index in [1.54, 1.807) is 0 Å². The van der Waals surface area contributed by atoms with Gasteiger partial charge in [-0.3, -0.25) is 0 Å². The van der Waals surface area contributed by atoms with Crippen LogP contribution in [0.25, 0.3) is 5.76 Å². The average Bonchev–Trinajstić information content (AvgIpc) is 2.69. The third kappa shape index (κ3) is 3.49. The molecule has 0 saturated carbocycles. The van der Waals surface area contributed by atoms with E-state index in [1.165, 1.54) is 0 Å². The highest BCUT2D eigenvalue weighted by atomic mass is 35.5. The topological polar surface area (TPSA) is 21.6 Å². The predicted molar refractivity (Wildman–Crippen MR) is 103 cm³/mol. The van der Waals surface area contributed by atoms with E-state index < -0.39 is 0 Å². The van der Waals surface area contributed by atoms with Crippen LogP contribution in [0, 0.1) is 0 Å². The van der Waals surface area contributed by atoms with Crippen LogP contribution in [-0.2, 0) is 4.74 Å². The van der Waals surface area contributed by atoms with Gasteiger partial charge in [0.2, 0.25) is 5.90 Å². The molecule has 1 atom stereocenters. The van der Waals surface area contributed by atoms with E-state index in [4.69, 9.17) is 21.3 Å². The number of hydrogen-bond acceptors (Lipinski definition) is 2. The largest absolute Gasteiger partial charge is 0.438 e. The van der Waals surface area contributed by atoms with Gasteiger partial charge >= 0.3 is 0 Å². The Bertz CT molecular complexity index is 915. The Labute approximate surface area is 152 Å². The van der Waals surface area contributed by atoms with Crippen molar-refractivity contribution >= 4 is 23.3 Å². The van der Waals surface area contributed by atoms with E-state index in [0.717, 1.165) is 22.4 Å². The van der Waals surface area contributed by atoms with Gasteiger partial charge in [0.25, 0.3) is 0 Å². The van der Waals surface area contributed by atoms with E-state index in [-0.39, 0.29) is 6.04 Å². The number of aliphatic imine (C=N–C) groups is 1. The van der Waals surface area contributed by atoms with Crippen LogP contribution >= 0.6 is 11.6 Å². The van der Waals surface area contributed by atoms with Crippen LogP contribution in [0.1, 0.15) is 22.7 Å². The van der Waals surface area contributed by atoms with Gasteiger partial charge in [-0.05, 0) is 35.9 Å². The van der Waals surface area contributed by atoms with Gasteiger partial charge in [0.1, 0.15) is 11.8 Å². The minimum Gasteiger partial charge on any atom is -0.438 e. The molecule has 0 radical (unpaired) electrons. The van der Waals surface area contributed by atoms with E-state index in [1.807, 2.05) is 72.8 Å². The van der Waals surface area contributed by atoms with Crippen LogP contribution < -0.4 is 0 Å². The number of rotatable bonds is 3. The van der Waals surface area contributed by atoms with Crippen molar-refractivity contribution in [2.75, 3.05) is 0 Å². The van der Waals surface area contributed by atoms with Crippen molar-refractivity contribution in [3.8, 4) is 0 Å². The van der Waals surface area contributed by atoms with Crippen LogP contribution in [0.3, 0.4) is 0 Å². The van der Waals surface area contributed by atoms with Crippen molar-refractivity contribution in [2.45, 2.75) is 6.04 Å². The molecule has 0 amide bonds. The summed E-state index contributed by atoms with van der Waals surface area (Å²) in [6, 6.07) is 27.8. The molecule has 3 aromatic carbocycles. The van der Waals surface area contributed by atoms with Crippen LogP contribution in [0.5, 0.6) is 0 Å². The molecule has 0 bridgehead atoms. The monoisotopic (exact) mass is 345 g/mol. The fourth-order valence-corrected chi connectivity index (χ4v) is 2.90. The highest BCUT2D eigenvalue weighted by Gasteiger charge is 2.21. The summed E-state index contributed by atoms with van der Waals surface area (Å²) >= 11 is 6.01. The Balaban J connectivity index is 1.77. The lowest BCUT2D eigenvalue weighted by Gasteiger charge is -2.22. The van der Waals surface area contributed by atoms with Gasteiger partial charge in [0.15, 0.2) is 0 Å². The van der Waals surface area contributed by atoms with Gasteiger partial charge in [-0.25, -0.2) is 4.99 Å². The molecule has 1 heterocycles. The third-order valence-corrected chi connectivity index (χ3v) is 4.31. The molecule has 4 rings (SSSR count). The van der Waals surface area contributed by atoms with Crippen LogP contribution in [0.4, 0.5) is 0 Å². The fraction of sp³-hybridized carbons (Fsp3) is 0.0455. The normalized spacial score (nSPS) is 16.6. The molecule has 0 aromatic heterocycles. The molecule has 1 aliphatic heterocycles. The Kier molecular flexibility index (Phi) is 4.36. The Morgan fingerprint density at radius 2 is 1.36 bits per heavy atom. The zero-order chi connectivity index (χ0) is 17.1. The first-order valence-electron chi connectivity index (χ1n) is 8.13. The summed E-state index contributed by atoms with van der Waals surface area (Å²) in [6.45, 7) is 0. The van der Waals surface area contributed by atoms with Gasteiger partial charge < -0.3 is 4.74 Å². The third-order valence-electron chi connectivity index (χ3n) is 4.06. The van der Waals surface area contributed by atoms with E-state index in [9.17, 15) is 0 Å². The molecule has 2 nitrogen and oxygen atoms in total. The first kappa shape index (κ1) is 15.7. The molecule has 0 fully saturated rings. The molecule has 25 heavy (non-hydrogen) atoms. The minimum absolute atomic E-state index is 0.0872. The van der Waals surface area contributed by atoms with Crippen molar-refractivity contribution in [3.05, 3.63) is 113 Å². The van der Waals surface area contributed by atoms with E-state index in [2.05, 4.69) is 18.2 Å². The molecule has 122 valence electrons. The lowest BCUT2D eigenvalue weighted by Crippen LogP contribution is -2.13. The molecule has 3 heteroatoms. The Hall–Kier alpha value is -2.84. The Morgan fingerprint density at radius 3 is 2.04 bits per heavy atom. The number of hydrogen-bond donors (Lipinski definition) is 0. The molecule has 1 aliphatic rings. The zero-order valence-corrected chi connectivity index (χ0v) is 14.2. The maximum atomic E-state index is 6.12. The quantitative estimate of drug-likeness (QED) is 0.579. The van der Waals surface area contributed by atoms with E-state index in [0.29, 0.717) is 10.9 Å². The summed E-state index contributed by atoms with van der Waals surface area (Å²) in [6.07, 6.45) is 2.06. The number of ether oxygens (including phenoxy) is 1. The standard InChI is InChI=1S/C22H16ClNO/c23-19-13-11-18(12-14-19)22-24-20(16-7-3-1-4-8-16)15-21(25-22)17-9-5-2-6-10-17/h1-15,20H/t20-/m1/s1. The first-order valence-corrected chi connectivity index (χ1v) is 8.51. The van der Waals surface area contributed by atoms with Gasteiger partial charge in [0, 0.05) is 16.1 Å². The Morgan fingerprint density at radius 1 is 0.720 bits per heavy atom. The van der Waals surface area contributed by atoms with Gasteiger partial charge in [-0.2, -0.15) is 0 Å². The second-order valence-corrected chi connectivity index (χ2v) is 6.23. The molecule has 0 unspecified atom stereocenters. The molecule has 0 N–H and O–H groups in total. The zero-order valence-electron chi connectivity index (χ0n) is 13.5. The summed E-state index contributed by atoms with van der Waals surface area (Å²) < 4.78 is 6.12. The van der Waals surface area contributed by atoms with Gasteiger partial charge in [-0.1, -0.05) is 72.3 Å². The van der Waals surface area contributed by atoms with Crippen LogP contribution in [-0.4, -0.2) is 5.90 Å². The van der Waals surface area contributed by atoms with Crippen molar-refractivity contribution < 1.29 is 4.74 Å². The smallest absolute Gasteiger partial charge is 0.222 e. The van der Waals surface area contributed by atoms with Crippen LogP contribution in [0.15, 0.2) is 96.0 Å². The van der Waals surface area contributed by atoms with Crippen molar-refractivity contribution in [1.29, 1.82) is 0 Å². The summed E-state index contributed by atoms with van der Waals surface area (Å²) in [5.74, 6) is 1.42. The van der Waals surface area contributed by atoms with E-state index >= 15 is 0 Å². The number of benzene rings is 3. The second kappa shape index (κ2) is 6.96. The average molecular weight is 346 g/mol. The lowest BCUT2D eigenvalue weighted by molar-refractivity contribution is 0.486. The minimum atomic E-state index is -0.0872. The highest BCUT2D eigenvalue weighted by molar-refractivity contribution is 6.30. The van der Waals surface area contributed by atoms with Crippen molar-refractivity contribution in [1.82, 2.24) is 0 Å². The fourth-order valence-electron chi connectivity index (χ4n) is 2.78. The lowest BCUT2D eigenvalue weighted by atomic mass is 10.0. The summed E-state index contributed by atoms with van der Waals surface area (Å²) in [5.41, 5.74) is 3.07. The highest BCUT2D eigenvalue weighted by Crippen LogP contribution is 2.31. The van der Waals surface area contributed by atoms with Crippen LogP contribution in [0.2, 0.25) is 5.02 Å². The molecule has 0 saturated heterocycles. The maximum absolute atomic E-state index is 6.12. The summed E-state index contributed by atoms with van der Waals surface area (Å²) in [7, 11) is 0. The predicted octanol–water partition coefficient (Wildman–Crippen LogP) is 5.90. The number of nitrogens with zero attached hydrogens (tertiary/aromatic N) is 1. The van der Waals surface area contributed by atoms with Gasteiger partial charge in [-0.15, -0.1) is 0 Å². The maximum Gasteiger partial charge on any atom is 0.222 e.